The smallest absolute Gasteiger partial charge is 0.207 e. The van der Waals surface area contributed by atoms with Crippen LogP contribution >= 0.6 is 0 Å². The molecule has 0 radical (unpaired) electrons. The second-order valence-corrected chi connectivity index (χ2v) is 11.7. The molecule has 0 atom stereocenters. The minimum atomic E-state index is -3.63. The molecule has 1 aliphatic heterocycles. The Kier molecular flexibility index (Phi) is 5.31. The van der Waals surface area contributed by atoms with E-state index in [4.69, 9.17) is 0 Å². The first-order valence-electron chi connectivity index (χ1n) is 9.89. The van der Waals surface area contributed by atoms with E-state index >= 15 is 0 Å². The van der Waals surface area contributed by atoms with E-state index in [0.717, 1.165) is 36.0 Å². The molecule has 0 amide bonds. The SMILES string of the molecule is Cc1ccc(S(=O)(=O)N2CCN(S(=O)(=O)c3ccc4c(c3)CCC4)CC2)cc1C. The Hall–Kier alpha value is -1.74. The number of hydrogen-bond acceptors (Lipinski definition) is 4. The van der Waals surface area contributed by atoms with E-state index in [2.05, 4.69) is 0 Å². The molecule has 0 bridgehead atoms. The number of benzene rings is 2. The molecular formula is C21H26N2O4S2. The van der Waals surface area contributed by atoms with Crippen molar-refractivity contribution < 1.29 is 16.8 Å². The van der Waals surface area contributed by atoms with Gasteiger partial charge < -0.3 is 0 Å². The van der Waals surface area contributed by atoms with Gasteiger partial charge in [-0.2, -0.15) is 8.61 Å². The molecule has 1 heterocycles. The van der Waals surface area contributed by atoms with Crippen molar-refractivity contribution in [1.82, 2.24) is 8.61 Å². The largest absolute Gasteiger partial charge is 0.243 e. The molecule has 0 saturated carbocycles. The van der Waals surface area contributed by atoms with Gasteiger partial charge in [0.2, 0.25) is 20.0 Å². The highest BCUT2D eigenvalue weighted by atomic mass is 32.2. The summed E-state index contributed by atoms with van der Waals surface area (Å²) in [4.78, 5) is 0.569. The lowest BCUT2D eigenvalue weighted by Gasteiger charge is -2.33. The van der Waals surface area contributed by atoms with Crippen LogP contribution in [0.15, 0.2) is 46.2 Å². The Labute approximate surface area is 173 Å². The van der Waals surface area contributed by atoms with Gasteiger partial charge in [-0.05, 0) is 79.6 Å². The molecule has 2 aromatic rings. The molecule has 2 aromatic carbocycles. The fourth-order valence-electron chi connectivity index (χ4n) is 4.03. The first-order valence-corrected chi connectivity index (χ1v) is 12.8. The van der Waals surface area contributed by atoms with Gasteiger partial charge in [-0.25, -0.2) is 16.8 Å². The van der Waals surface area contributed by atoms with Gasteiger partial charge in [0.25, 0.3) is 0 Å². The maximum absolute atomic E-state index is 13.1. The topological polar surface area (TPSA) is 74.8 Å². The van der Waals surface area contributed by atoms with Crippen LogP contribution < -0.4 is 0 Å². The molecule has 1 aliphatic carbocycles. The predicted molar refractivity (Wildman–Crippen MR) is 112 cm³/mol. The van der Waals surface area contributed by atoms with E-state index in [9.17, 15) is 16.8 Å². The fourth-order valence-corrected chi connectivity index (χ4v) is 7.01. The normalized spacial score (nSPS) is 18.7. The Morgan fingerprint density at radius 3 is 1.76 bits per heavy atom. The molecule has 1 fully saturated rings. The molecular weight excluding hydrogens is 408 g/mol. The summed E-state index contributed by atoms with van der Waals surface area (Å²) in [5, 5.41) is 0. The zero-order chi connectivity index (χ0) is 20.8. The highest BCUT2D eigenvalue weighted by Crippen LogP contribution is 2.27. The number of hydrogen-bond donors (Lipinski definition) is 0. The number of rotatable bonds is 4. The third kappa shape index (κ3) is 3.74. The highest BCUT2D eigenvalue weighted by Gasteiger charge is 2.34. The molecule has 0 spiro atoms. The van der Waals surface area contributed by atoms with Gasteiger partial charge in [-0.15, -0.1) is 0 Å². The third-order valence-corrected chi connectivity index (χ3v) is 9.81. The van der Waals surface area contributed by atoms with Crippen molar-refractivity contribution in [1.29, 1.82) is 0 Å². The molecule has 29 heavy (non-hydrogen) atoms. The van der Waals surface area contributed by atoms with Crippen molar-refractivity contribution in [3.8, 4) is 0 Å². The van der Waals surface area contributed by atoms with Crippen molar-refractivity contribution in [3.63, 3.8) is 0 Å². The number of fused-ring (bicyclic) bond motifs is 1. The fraction of sp³-hybridized carbons (Fsp3) is 0.429. The highest BCUT2D eigenvalue weighted by molar-refractivity contribution is 7.89. The molecule has 0 aromatic heterocycles. The summed E-state index contributed by atoms with van der Waals surface area (Å²) in [5.74, 6) is 0. The summed E-state index contributed by atoms with van der Waals surface area (Å²) >= 11 is 0. The molecule has 1 saturated heterocycles. The molecule has 0 N–H and O–H groups in total. The summed E-state index contributed by atoms with van der Waals surface area (Å²) in [7, 11) is -7.25. The van der Waals surface area contributed by atoms with Crippen LogP contribution in [0, 0.1) is 13.8 Å². The van der Waals surface area contributed by atoms with E-state index in [1.807, 2.05) is 19.9 Å². The second kappa shape index (κ2) is 7.50. The summed E-state index contributed by atoms with van der Waals surface area (Å²) < 4.78 is 54.8. The molecule has 156 valence electrons. The molecule has 0 unspecified atom stereocenters. The average molecular weight is 435 g/mol. The van der Waals surface area contributed by atoms with Crippen LogP contribution in [-0.4, -0.2) is 51.6 Å². The molecule has 2 aliphatic rings. The van der Waals surface area contributed by atoms with Gasteiger partial charge in [0.1, 0.15) is 0 Å². The lowest BCUT2D eigenvalue weighted by atomic mass is 10.1. The van der Waals surface area contributed by atoms with Crippen molar-refractivity contribution in [2.75, 3.05) is 26.2 Å². The van der Waals surface area contributed by atoms with E-state index < -0.39 is 20.0 Å². The van der Waals surface area contributed by atoms with Gasteiger partial charge in [-0.3, -0.25) is 0 Å². The van der Waals surface area contributed by atoms with Gasteiger partial charge >= 0.3 is 0 Å². The van der Waals surface area contributed by atoms with Gasteiger partial charge in [0.15, 0.2) is 0 Å². The lowest BCUT2D eigenvalue weighted by Crippen LogP contribution is -2.50. The maximum atomic E-state index is 13.1. The van der Waals surface area contributed by atoms with Crippen LogP contribution in [0.4, 0.5) is 0 Å². The monoisotopic (exact) mass is 434 g/mol. The Bertz CT molecular complexity index is 1150. The van der Waals surface area contributed by atoms with Crippen molar-refractivity contribution in [3.05, 3.63) is 58.7 Å². The van der Waals surface area contributed by atoms with Crippen LogP contribution in [0.1, 0.15) is 28.7 Å². The summed E-state index contributed by atoms with van der Waals surface area (Å²) in [6.07, 6.45) is 2.99. The van der Waals surface area contributed by atoms with Gasteiger partial charge in [0.05, 0.1) is 9.79 Å². The number of piperazine rings is 1. The van der Waals surface area contributed by atoms with Crippen LogP contribution in [0.5, 0.6) is 0 Å². The first kappa shape index (κ1) is 20.5. The second-order valence-electron chi connectivity index (χ2n) is 7.84. The minimum Gasteiger partial charge on any atom is -0.207 e. The standard InChI is InChI=1S/C21H26N2O4S2/c1-16-6-8-20(14-17(16)2)28(24,25)22-10-12-23(13-11-22)29(26,27)21-9-7-18-4-3-5-19(18)15-21/h6-9,14-15H,3-5,10-13H2,1-2H3. The Balaban J connectivity index is 1.50. The molecule has 8 heteroatoms. The van der Waals surface area contributed by atoms with Crippen LogP contribution in [-0.2, 0) is 32.9 Å². The maximum Gasteiger partial charge on any atom is 0.243 e. The minimum absolute atomic E-state index is 0.152. The van der Waals surface area contributed by atoms with Crippen LogP contribution in [0.2, 0.25) is 0 Å². The van der Waals surface area contributed by atoms with Crippen LogP contribution in [0.3, 0.4) is 0 Å². The predicted octanol–water partition coefficient (Wildman–Crippen LogP) is 2.49. The number of nitrogens with zero attached hydrogens (tertiary/aromatic N) is 2. The average Bonchev–Trinajstić information content (AvgIpc) is 3.18. The number of sulfonamides is 2. The van der Waals surface area contributed by atoms with Crippen LogP contribution in [0.25, 0.3) is 0 Å². The van der Waals surface area contributed by atoms with E-state index in [1.165, 1.54) is 14.2 Å². The van der Waals surface area contributed by atoms with Crippen molar-refractivity contribution >= 4 is 20.0 Å². The van der Waals surface area contributed by atoms with Gasteiger partial charge in [-0.1, -0.05) is 12.1 Å². The Morgan fingerprint density at radius 1 is 0.655 bits per heavy atom. The number of aryl methyl sites for hydroxylation is 4. The summed E-state index contributed by atoms with van der Waals surface area (Å²) in [6, 6.07) is 10.5. The quantitative estimate of drug-likeness (QED) is 0.741. The zero-order valence-electron chi connectivity index (χ0n) is 16.8. The lowest BCUT2D eigenvalue weighted by molar-refractivity contribution is 0.273. The van der Waals surface area contributed by atoms with E-state index in [1.54, 1.807) is 30.3 Å². The first-order chi connectivity index (χ1) is 13.7. The molecule has 4 rings (SSSR count). The Morgan fingerprint density at radius 2 is 1.17 bits per heavy atom. The zero-order valence-corrected chi connectivity index (χ0v) is 18.4. The molecule has 6 nitrogen and oxygen atoms in total. The van der Waals surface area contributed by atoms with Crippen molar-refractivity contribution in [2.24, 2.45) is 0 Å². The van der Waals surface area contributed by atoms with E-state index in [-0.39, 0.29) is 31.1 Å². The summed E-state index contributed by atoms with van der Waals surface area (Å²) in [5.41, 5.74) is 4.30. The van der Waals surface area contributed by atoms with E-state index in [0.29, 0.717) is 4.90 Å². The van der Waals surface area contributed by atoms with Crippen molar-refractivity contribution in [2.45, 2.75) is 42.9 Å². The summed E-state index contributed by atoms with van der Waals surface area (Å²) in [6.45, 7) is 4.44. The van der Waals surface area contributed by atoms with Gasteiger partial charge in [0, 0.05) is 26.2 Å². The third-order valence-electron chi connectivity index (χ3n) is 6.02.